The van der Waals surface area contributed by atoms with Gasteiger partial charge in [0, 0.05) is 17.7 Å². The Kier molecular flexibility index (Phi) is 3.85. The molecule has 2 rings (SSSR count). The predicted molar refractivity (Wildman–Crippen MR) is 69.2 cm³/mol. The molecule has 2 heterocycles. The summed E-state index contributed by atoms with van der Waals surface area (Å²) >= 11 is 0. The van der Waals surface area contributed by atoms with Gasteiger partial charge >= 0.3 is 5.91 Å². The van der Waals surface area contributed by atoms with Crippen molar-refractivity contribution in [1.82, 2.24) is 15.2 Å². The number of nitrogens with two attached hydrogens (primary N) is 1. The molecular formula is C12H14N4O4. The summed E-state index contributed by atoms with van der Waals surface area (Å²) in [6.45, 7) is 1.80. The molecule has 0 fully saturated rings. The van der Waals surface area contributed by atoms with Crippen molar-refractivity contribution in [2.75, 3.05) is 7.11 Å². The third kappa shape index (κ3) is 2.69. The highest BCUT2D eigenvalue weighted by Crippen LogP contribution is 2.15. The topological polar surface area (TPSA) is 112 Å². The second kappa shape index (κ2) is 5.57. The zero-order valence-electron chi connectivity index (χ0n) is 11.0. The number of rotatable bonds is 4. The number of ether oxygens (including phenoxy) is 1. The summed E-state index contributed by atoms with van der Waals surface area (Å²) in [6.07, 6.45) is 0. The maximum atomic E-state index is 11.7. The summed E-state index contributed by atoms with van der Waals surface area (Å²) in [6, 6.07) is 4.47. The number of nitrogens with one attached hydrogen (secondary N) is 1. The minimum Gasteiger partial charge on any atom is -0.480 e. The number of amides is 1. The normalized spacial score (nSPS) is 10.3. The average Bonchev–Trinajstić information content (AvgIpc) is 2.81. The number of furan rings is 1. The molecule has 0 atom stereocenters. The molecule has 0 aliphatic carbocycles. The summed E-state index contributed by atoms with van der Waals surface area (Å²) in [5.74, 6) is 5.37. The van der Waals surface area contributed by atoms with Crippen LogP contribution in [0.15, 0.2) is 27.4 Å². The first kappa shape index (κ1) is 13.8. The first-order chi connectivity index (χ1) is 9.55. The Balaban J connectivity index is 2.31. The van der Waals surface area contributed by atoms with Crippen LogP contribution in [-0.2, 0) is 6.54 Å². The fraction of sp³-hybridized carbons (Fsp3) is 0.250. The molecule has 0 radical (unpaired) electrons. The summed E-state index contributed by atoms with van der Waals surface area (Å²) in [5.41, 5.74) is 2.31. The van der Waals surface area contributed by atoms with E-state index < -0.39 is 5.91 Å². The predicted octanol–water partition coefficient (Wildman–Crippen LogP) is -0.195. The maximum absolute atomic E-state index is 11.7. The third-order valence-electron chi connectivity index (χ3n) is 2.66. The van der Waals surface area contributed by atoms with Gasteiger partial charge in [-0.1, -0.05) is 0 Å². The molecule has 0 saturated heterocycles. The molecular weight excluding hydrogens is 264 g/mol. The lowest BCUT2D eigenvalue weighted by atomic mass is 10.2. The molecule has 0 spiro atoms. The monoisotopic (exact) mass is 278 g/mol. The number of hydrogen-bond donors (Lipinski definition) is 2. The van der Waals surface area contributed by atoms with Crippen LogP contribution in [0.3, 0.4) is 0 Å². The van der Waals surface area contributed by atoms with Gasteiger partial charge < -0.3 is 9.15 Å². The largest absolute Gasteiger partial charge is 0.480 e. The van der Waals surface area contributed by atoms with Crippen molar-refractivity contribution < 1.29 is 13.9 Å². The number of hydrazine groups is 1. The SMILES string of the molecule is COc1ccc(=O)n(Cc2cc(C)c(C(=O)NN)o2)n1. The number of carbonyl (C=O) groups excluding carboxylic acids is 1. The lowest BCUT2D eigenvalue weighted by Crippen LogP contribution is -2.30. The van der Waals surface area contributed by atoms with Crippen LogP contribution in [-0.4, -0.2) is 22.8 Å². The number of aromatic nitrogens is 2. The standard InChI is InChI=1S/C12H14N4O4/c1-7-5-8(20-11(7)12(18)14-13)6-16-10(17)4-3-9(15-16)19-2/h3-5H,6,13H2,1-2H3,(H,14,18). The van der Waals surface area contributed by atoms with Crippen molar-refractivity contribution in [3.63, 3.8) is 0 Å². The molecule has 0 bridgehead atoms. The first-order valence-corrected chi connectivity index (χ1v) is 5.77. The fourth-order valence-electron chi connectivity index (χ4n) is 1.72. The van der Waals surface area contributed by atoms with Gasteiger partial charge in [-0.25, -0.2) is 10.5 Å². The van der Waals surface area contributed by atoms with E-state index in [2.05, 4.69) is 5.10 Å². The van der Waals surface area contributed by atoms with E-state index in [0.717, 1.165) is 0 Å². The Hall–Kier alpha value is -2.61. The van der Waals surface area contributed by atoms with Crippen LogP contribution >= 0.6 is 0 Å². The van der Waals surface area contributed by atoms with Crippen LogP contribution in [0.4, 0.5) is 0 Å². The Labute approximate surface area is 114 Å². The van der Waals surface area contributed by atoms with Crippen molar-refractivity contribution in [2.45, 2.75) is 13.5 Å². The zero-order valence-corrected chi connectivity index (χ0v) is 11.0. The maximum Gasteiger partial charge on any atom is 0.301 e. The third-order valence-corrected chi connectivity index (χ3v) is 2.66. The number of carbonyl (C=O) groups is 1. The van der Waals surface area contributed by atoms with Crippen LogP contribution in [0.25, 0.3) is 0 Å². The van der Waals surface area contributed by atoms with Crippen LogP contribution in [0, 0.1) is 6.92 Å². The molecule has 0 aromatic carbocycles. The number of methoxy groups -OCH3 is 1. The molecule has 8 nitrogen and oxygen atoms in total. The number of nitrogen functional groups attached to an aromatic ring is 1. The van der Waals surface area contributed by atoms with E-state index in [0.29, 0.717) is 17.2 Å². The van der Waals surface area contributed by atoms with Crippen LogP contribution in [0.5, 0.6) is 5.88 Å². The number of hydrogen-bond acceptors (Lipinski definition) is 6. The molecule has 106 valence electrons. The summed E-state index contributed by atoms with van der Waals surface area (Å²) in [4.78, 5) is 23.1. The van der Waals surface area contributed by atoms with Gasteiger partial charge in [0.1, 0.15) is 12.3 Å². The molecule has 2 aromatic heterocycles. The van der Waals surface area contributed by atoms with Gasteiger partial charge in [0.2, 0.25) is 5.88 Å². The highest BCUT2D eigenvalue weighted by atomic mass is 16.5. The smallest absolute Gasteiger partial charge is 0.301 e. The van der Waals surface area contributed by atoms with E-state index in [9.17, 15) is 9.59 Å². The van der Waals surface area contributed by atoms with E-state index in [1.165, 1.54) is 23.9 Å². The van der Waals surface area contributed by atoms with Gasteiger partial charge in [-0.05, 0) is 13.0 Å². The van der Waals surface area contributed by atoms with Crippen molar-refractivity contribution in [2.24, 2.45) is 5.84 Å². The van der Waals surface area contributed by atoms with Gasteiger partial charge in [-0.3, -0.25) is 15.0 Å². The first-order valence-electron chi connectivity index (χ1n) is 5.77. The lowest BCUT2D eigenvalue weighted by Gasteiger charge is -2.04. The molecule has 0 aliphatic heterocycles. The zero-order chi connectivity index (χ0) is 14.7. The van der Waals surface area contributed by atoms with Crippen LogP contribution in [0.2, 0.25) is 0 Å². The Bertz CT molecular complexity index is 689. The Morgan fingerprint density at radius 3 is 2.95 bits per heavy atom. The molecule has 1 amide bonds. The second-order valence-electron chi connectivity index (χ2n) is 4.07. The van der Waals surface area contributed by atoms with E-state index in [1.807, 2.05) is 5.43 Å². The summed E-state index contributed by atoms with van der Waals surface area (Å²) < 4.78 is 11.5. The average molecular weight is 278 g/mol. The molecule has 0 aliphatic rings. The summed E-state index contributed by atoms with van der Waals surface area (Å²) in [7, 11) is 1.46. The van der Waals surface area contributed by atoms with Crippen LogP contribution in [0.1, 0.15) is 21.9 Å². The minimum absolute atomic E-state index is 0.0920. The quantitative estimate of drug-likeness (QED) is 0.455. The Morgan fingerprint density at radius 2 is 2.30 bits per heavy atom. The van der Waals surface area contributed by atoms with Crippen molar-refractivity contribution in [3.05, 3.63) is 45.6 Å². The van der Waals surface area contributed by atoms with Gasteiger partial charge in [-0.2, -0.15) is 0 Å². The van der Waals surface area contributed by atoms with Gasteiger partial charge in [0.15, 0.2) is 5.76 Å². The van der Waals surface area contributed by atoms with E-state index >= 15 is 0 Å². The molecule has 2 aromatic rings. The minimum atomic E-state index is -0.528. The molecule has 8 heteroatoms. The van der Waals surface area contributed by atoms with Gasteiger partial charge in [-0.15, -0.1) is 5.10 Å². The Morgan fingerprint density at radius 1 is 1.55 bits per heavy atom. The second-order valence-corrected chi connectivity index (χ2v) is 4.07. The molecule has 0 unspecified atom stereocenters. The van der Waals surface area contributed by atoms with E-state index in [4.69, 9.17) is 15.0 Å². The number of aryl methyl sites for hydroxylation is 1. The lowest BCUT2D eigenvalue weighted by molar-refractivity contribution is 0.0923. The van der Waals surface area contributed by atoms with Crippen molar-refractivity contribution in [3.8, 4) is 5.88 Å². The summed E-state index contributed by atoms with van der Waals surface area (Å²) in [5, 5.41) is 3.99. The van der Waals surface area contributed by atoms with E-state index in [-0.39, 0.29) is 17.9 Å². The number of nitrogens with zero attached hydrogens (tertiary/aromatic N) is 2. The molecule has 3 N–H and O–H groups in total. The fourth-order valence-corrected chi connectivity index (χ4v) is 1.72. The van der Waals surface area contributed by atoms with Crippen molar-refractivity contribution in [1.29, 1.82) is 0 Å². The highest BCUT2D eigenvalue weighted by Gasteiger charge is 2.15. The van der Waals surface area contributed by atoms with Gasteiger partial charge in [0.25, 0.3) is 5.56 Å². The van der Waals surface area contributed by atoms with E-state index in [1.54, 1.807) is 13.0 Å². The van der Waals surface area contributed by atoms with Crippen molar-refractivity contribution >= 4 is 5.91 Å². The van der Waals surface area contributed by atoms with Gasteiger partial charge in [0.05, 0.1) is 7.11 Å². The molecule has 20 heavy (non-hydrogen) atoms. The highest BCUT2D eigenvalue weighted by molar-refractivity contribution is 5.92. The van der Waals surface area contributed by atoms with Crippen LogP contribution < -0.4 is 21.6 Å². The molecule has 0 saturated carbocycles.